The minimum absolute atomic E-state index is 0.518. The number of ketones is 1. The number of nitro groups is 1. The second-order valence-corrected chi connectivity index (χ2v) is 5.06. The number of benzene rings is 1. The van der Waals surface area contributed by atoms with Gasteiger partial charge in [-0.3, -0.25) is 14.9 Å². The number of hydrogen-bond donors (Lipinski definition) is 0. The van der Waals surface area contributed by atoms with E-state index >= 15 is 0 Å². The number of halogens is 1. The fourth-order valence-corrected chi connectivity index (χ4v) is 2.78. The summed E-state index contributed by atoms with van der Waals surface area (Å²) in [6.07, 6.45) is 0. The number of carbonyl (C=O) groups excluding carboxylic acids is 2. The summed E-state index contributed by atoms with van der Waals surface area (Å²) >= 11 is 3.29. The summed E-state index contributed by atoms with van der Waals surface area (Å²) in [6.45, 7) is 0. The van der Waals surface area contributed by atoms with Crippen molar-refractivity contribution in [3.63, 3.8) is 0 Å². The summed E-state index contributed by atoms with van der Waals surface area (Å²) in [4.78, 5) is 33.4. The van der Waals surface area contributed by atoms with Gasteiger partial charge in [-0.2, -0.15) is 0 Å². The highest BCUT2D eigenvalue weighted by molar-refractivity contribution is 9.10. The zero-order valence-electron chi connectivity index (χ0n) is 9.91. The topological polar surface area (TPSA) is 86.5 Å². The average Bonchev–Trinajstić information content (AvgIpc) is 3.12. The maximum Gasteiger partial charge on any atom is 0.374 e. The van der Waals surface area contributed by atoms with Crippen LogP contribution in [-0.4, -0.2) is 29.8 Å². The van der Waals surface area contributed by atoms with Gasteiger partial charge in [-0.05, 0) is 11.6 Å². The van der Waals surface area contributed by atoms with E-state index in [1.165, 1.54) is 0 Å². The first kappa shape index (κ1) is 13.7. The molecular formula is C12H10BrNO5. The van der Waals surface area contributed by atoms with Gasteiger partial charge in [0.2, 0.25) is 6.04 Å². The second-order valence-electron chi connectivity index (χ2n) is 4.20. The molecule has 1 aliphatic carbocycles. The van der Waals surface area contributed by atoms with Gasteiger partial charge in [-0.1, -0.05) is 34.1 Å². The lowest BCUT2D eigenvalue weighted by Gasteiger charge is -2.00. The Balaban J connectivity index is 2.31. The SMILES string of the molecule is COC(=O)C(=O)[C@@H]1[C@H](c2ccccc2Br)[C@H]1[N+](=O)[O-]. The molecule has 0 amide bonds. The van der Waals surface area contributed by atoms with Gasteiger partial charge in [0.25, 0.3) is 5.78 Å². The van der Waals surface area contributed by atoms with Gasteiger partial charge in [0.05, 0.1) is 13.0 Å². The number of ether oxygens (including phenoxy) is 1. The zero-order chi connectivity index (χ0) is 14.2. The molecule has 0 N–H and O–H groups in total. The van der Waals surface area contributed by atoms with Crippen LogP contribution in [-0.2, 0) is 14.3 Å². The molecule has 100 valence electrons. The van der Waals surface area contributed by atoms with Crippen molar-refractivity contribution in [3.8, 4) is 0 Å². The molecule has 19 heavy (non-hydrogen) atoms. The summed E-state index contributed by atoms with van der Waals surface area (Å²) in [5, 5.41) is 11.0. The summed E-state index contributed by atoms with van der Waals surface area (Å²) in [5.41, 5.74) is 0.659. The lowest BCUT2D eigenvalue weighted by molar-refractivity contribution is -0.498. The Bertz CT molecular complexity index is 559. The lowest BCUT2D eigenvalue weighted by atomic mass is 10.1. The Labute approximate surface area is 117 Å². The molecular weight excluding hydrogens is 318 g/mol. The molecule has 1 aromatic carbocycles. The summed E-state index contributed by atoms with van der Waals surface area (Å²) in [7, 11) is 1.08. The molecule has 1 fully saturated rings. The molecule has 0 spiro atoms. The van der Waals surface area contributed by atoms with Gasteiger partial charge in [0.15, 0.2) is 0 Å². The Morgan fingerprint density at radius 3 is 2.53 bits per heavy atom. The predicted octanol–water partition coefficient (Wildman–Crippen LogP) is 1.55. The largest absolute Gasteiger partial charge is 0.463 e. The van der Waals surface area contributed by atoms with E-state index in [9.17, 15) is 19.7 Å². The second kappa shape index (κ2) is 5.08. The molecule has 0 radical (unpaired) electrons. The van der Waals surface area contributed by atoms with Crippen LogP contribution >= 0.6 is 15.9 Å². The zero-order valence-corrected chi connectivity index (χ0v) is 11.5. The van der Waals surface area contributed by atoms with E-state index in [1.54, 1.807) is 24.3 Å². The van der Waals surface area contributed by atoms with Crippen LogP contribution in [0.5, 0.6) is 0 Å². The van der Waals surface area contributed by atoms with Gasteiger partial charge in [0.1, 0.15) is 5.92 Å². The number of Topliss-reactive ketones (excluding diaryl/α,β-unsaturated/α-hetero) is 1. The van der Waals surface area contributed by atoms with Crippen LogP contribution in [0.3, 0.4) is 0 Å². The van der Waals surface area contributed by atoms with Crippen molar-refractivity contribution in [1.29, 1.82) is 0 Å². The first-order valence-electron chi connectivity index (χ1n) is 5.49. The smallest absolute Gasteiger partial charge is 0.374 e. The highest BCUT2D eigenvalue weighted by Gasteiger charge is 2.66. The number of hydrogen-bond acceptors (Lipinski definition) is 5. The summed E-state index contributed by atoms with van der Waals surface area (Å²) in [6, 6.07) is 5.88. The Morgan fingerprint density at radius 2 is 2.00 bits per heavy atom. The van der Waals surface area contributed by atoms with Crippen LogP contribution < -0.4 is 0 Å². The average molecular weight is 328 g/mol. The molecule has 0 heterocycles. The normalized spacial score (nSPS) is 24.6. The van der Waals surface area contributed by atoms with E-state index in [1.807, 2.05) is 0 Å². The quantitative estimate of drug-likeness (QED) is 0.362. The Morgan fingerprint density at radius 1 is 1.37 bits per heavy atom. The molecule has 2 rings (SSSR count). The predicted molar refractivity (Wildman–Crippen MR) is 68.2 cm³/mol. The van der Waals surface area contributed by atoms with Crippen molar-refractivity contribution in [2.24, 2.45) is 5.92 Å². The van der Waals surface area contributed by atoms with Crippen molar-refractivity contribution < 1.29 is 19.2 Å². The van der Waals surface area contributed by atoms with Crippen molar-refractivity contribution >= 4 is 27.7 Å². The van der Waals surface area contributed by atoms with Crippen LogP contribution in [0.1, 0.15) is 11.5 Å². The molecule has 0 aliphatic heterocycles. The molecule has 0 unspecified atom stereocenters. The number of carbonyl (C=O) groups is 2. The molecule has 3 atom stereocenters. The minimum Gasteiger partial charge on any atom is -0.463 e. The van der Waals surface area contributed by atoms with Gasteiger partial charge < -0.3 is 4.74 Å². The summed E-state index contributed by atoms with van der Waals surface area (Å²) in [5.74, 6) is -3.41. The monoisotopic (exact) mass is 327 g/mol. The third-order valence-electron chi connectivity index (χ3n) is 3.18. The van der Waals surface area contributed by atoms with Crippen LogP contribution in [0.2, 0.25) is 0 Å². The molecule has 7 heteroatoms. The molecule has 0 saturated heterocycles. The molecule has 1 aromatic rings. The van der Waals surface area contributed by atoms with Crippen LogP contribution in [0.15, 0.2) is 28.7 Å². The Hall–Kier alpha value is -1.76. The molecule has 1 aliphatic rings. The first-order chi connectivity index (χ1) is 8.99. The van der Waals surface area contributed by atoms with Crippen molar-refractivity contribution in [3.05, 3.63) is 44.4 Å². The number of nitrogens with zero attached hydrogens (tertiary/aromatic N) is 1. The number of rotatable bonds is 4. The van der Waals surface area contributed by atoms with Crippen LogP contribution in [0.4, 0.5) is 0 Å². The van der Waals surface area contributed by atoms with Gasteiger partial charge in [0, 0.05) is 9.40 Å². The molecule has 6 nitrogen and oxygen atoms in total. The third kappa shape index (κ3) is 2.37. The van der Waals surface area contributed by atoms with E-state index in [2.05, 4.69) is 20.7 Å². The highest BCUT2D eigenvalue weighted by Crippen LogP contribution is 2.52. The first-order valence-corrected chi connectivity index (χ1v) is 6.28. The molecule has 1 saturated carbocycles. The number of methoxy groups -OCH3 is 1. The molecule has 0 bridgehead atoms. The highest BCUT2D eigenvalue weighted by atomic mass is 79.9. The van der Waals surface area contributed by atoms with Crippen molar-refractivity contribution in [1.82, 2.24) is 0 Å². The van der Waals surface area contributed by atoms with Gasteiger partial charge >= 0.3 is 5.97 Å². The molecule has 0 aromatic heterocycles. The third-order valence-corrected chi connectivity index (χ3v) is 3.90. The lowest BCUT2D eigenvalue weighted by Crippen LogP contribution is -2.21. The van der Waals surface area contributed by atoms with Crippen LogP contribution in [0, 0.1) is 16.0 Å². The fourth-order valence-electron chi connectivity index (χ4n) is 2.23. The maximum absolute atomic E-state index is 11.8. The van der Waals surface area contributed by atoms with E-state index in [0.29, 0.717) is 10.0 Å². The fraction of sp³-hybridized carbons (Fsp3) is 0.333. The van der Waals surface area contributed by atoms with Crippen molar-refractivity contribution in [2.45, 2.75) is 12.0 Å². The van der Waals surface area contributed by atoms with E-state index in [4.69, 9.17) is 0 Å². The standard InChI is InChI=1S/C12H10BrNO5/c1-19-12(16)11(15)9-8(10(9)14(17)18)6-4-2-3-5-7(6)13/h2-5,8-10H,1H3/t8-,9+,10+/m0/s1. The number of esters is 1. The van der Waals surface area contributed by atoms with Gasteiger partial charge in [-0.15, -0.1) is 0 Å². The van der Waals surface area contributed by atoms with Crippen LogP contribution in [0.25, 0.3) is 0 Å². The van der Waals surface area contributed by atoms with E-state index in [-0.39, 0.29) is 0 Å². The minimum atomic E-state index is -1.06. The Kier molecular flexibility index (Phi) is 3.66. The van der Waals surface area contributed by atoms with Crippen molar-refractivity contribution in [2.75, 3.05) is 7.11 Å². The summed E-state index contributed by atoms with van der Waals surface area (Å²) < 4.78 is 5.02. The van der Waals surface area contributed by atoms with E-state index < -0.39 is 34.6 Å². The maximum atomic E-state index is 11.8. The van der Waals surface area contributed by atoms with Gasteiger partial charge in [-0.25, -0.2) is 4.79 Å². The van der Waals surface area contributed by atoms with E-state index in [0.717, 1.165) is 7.11 Å².